The highest BCUT2D eigenvalue weighted by Gasteiger charge is 2.35. The molecule has 0 aromatic carbocycles. The average molecular weight is 223 g/mol. The molecule has 4 unspecified atom stereocenters. The third-order valence-electron chi connectivity index (χ3n) is 3.69. The van der Waals surface area contributed by atoms with Gasteiger partial charge in [0, 0.05) is 13.1 Å². The molecule has 0 bridgehead atoms. The molecule has 1 saturated heterocycles. The van der Waals surface area contributed by atoms with Crippen molar-refractivity contribution in [3.05, 3.63) is 11.9 Å². The van der Waals surface area contributed by atoms with Gasteiger partial charge in [-0.3, -0.25) is 4.68 Å². The van der Waals surface area contributed by atoms with Gasteiger partial charge in [0.15, 0.2) is 0 Å². The van der Waals surface area contributed by atoms with Crippen LogP contribution in [0.1, 0.15) is 32.0 Å². The van der Waals surface area contributed by atoms with E-state index in [0.717, 1.165) is 5.69 Å². The van der Waals surface area contributed by atoms with Crippen LogP contribution in [0.3, 0.4) is 0 Å². The summed E-state index contributed by atoms with van der Waals surface area (Å²) < 4.78 is 1.84. The summed E-state index contributed by atoms with van der Waals surface area (Å²) in [6.45, 7) is 5.21. The molecule has 0 saturated carbocycles. The van der Waals surface area contributed by atoms with Crippen LogP contribution in [0.15, 0.2) is 6.20 Å². The highest BCUT2D eigenvalue weighted by atomic mass is 15.4. The Hall–Kier alpha value is -0.940. The van der Waals surface area contributed by atoms with Gasteiger partial charge in [-0.2, -0.15) is 0 Å². The Morgan fingerprint density at radius 3 is 2.88 bits per heavy atom. The summed E-state index contributed by atoms with van der Waals surface area (Å²) in [5, 5.41) is 11.6. The normalized spacial score (nSPS) is 35.2. The van der Waals surface area contributed by atoms with E-state index in [4.69, 9.17) is 5.73 Å². The van der Waals surface area contributed by atoms with Crippen LogP contribution in [0.25, 0.3) is 0 Å². The van der Waals surface area contributed by atoms with Crippen LogP contribution in [0.5, 0.6) is 0 Å². The van der Waals surface area contributed by atoms with Crippen LogP contribution < -0.4 is 11.1 Å². The van der Waals surface area contributed by atoms with Gasteiger partial charge in [-0.15, -0.1) is 5.10 Å². The van der Waals surface area contributed by atoms with Gasteiger partial charge >= 0.3 is 0 Å². The van der Waals surface area contributed by atoms with Crippen LogP contribution in [0.4, 0.5) is 0 Å². The van der Waals surface area contributed by atoms with Crippen molar-refractivity contribution in [1.29, 1.82) is 0 Å². The van der Waals surface area contributed by atoms with Crippen molar-refractivity contribution in [1.82, 2.24) is 20.3 Å². The Morgan fingerprint density at radius 2 is 2.31 bits per heavy atom. The molecule has 1 aliphatic rings. The van der Waals surface area contributed by atoms with E-state index in [0.29, 0.717) is 24.4 Å². The minimum absolute atomic E-state index is 0.281. The van der Waals surface area contributed by atoms with Crippen molar-refractivity contribution in [3.63, 3.8) is 0 Å². The third kappa shape index (κ3) is 1.97. The van der Waals surface area contributed by atoms with Crippen LogP contribution in [0.2, 0.25) is 0 Å². The predicted molar refractivity (Wildman–Crippen MR) is 62.7 cm³/mol. The molecule has 1 aromatic heterocycles. The average Bonchev–Trinajstić information content (AvgIpc) is 2.63. The van der Waals surface area contributed by atoms with Gasteiger partial charge in [0.05, 0.1) is 17.9 Å². The maximum absolute atomic E-state index is 5.90. The first-order chi connectivity index (χ1) is 7.63. The molecule has 16 heavy (non-hydrogen) atoms. The summed E-state index contributed by atoms with van der Waals surface area (Å²) in [5.41, 5.74) is 7.03. The largest absolute Gasteiger partial charge is 0.330 e. The molecular weight excluding hydrogens is 202 g/mol. The Balaban J connectivity index is 2.26. The zero-order valence-corrected chi connectivity index (χ0v) is 10.2. The van der Waals surface area contributed by atoms with Gasteiger partial charge < -0.3 is 11.1 Å². The molecule has 5 heteroatoms. The Morgan fingerprint density at radius 1 is 1.56 bits per heavy atom. The summed E-state index contributed by atoms with van der Waals surface area (Å²) in [4.78, 5) is 0. The number of nitrogens with zero attached hydrogens (tertiary/aromatic N) is 3. The van der Waals surface area contributed by atoms with E-state index >= 15 is 0 Å². The molecule has 4 atom stereocenters. The Bertz CT molecular complexity index is 348. The van der Waals surface area contributed by atoms with Crippen molar-refractivity contribution < 1.29 is 0 Å². The minimum atomic E-state index is 0.281. The number of nitrogens with two attached hydrogens (primary N) is 1. The number of rotatable bonds is 2. The van der Waals surface area contributed by atoms with Crippen molar-refractivity contribution in [2.45, 2.75) is 32.4 Å². The van der Waals surface area contributed by atoms with E-state index in [9.17, 15) is 0 Å². The quantitative estimate of drug-likeness (QED) is 0.764. The fraction of sp³-hybridized carbons (Fsp3) is 0.818. The van der Waals surface area contributed by atoms with Crippen molar-refractivity contribution >= 4 is 0 Å². The Kier molecular flexibility index (Phi) is 3.25. The first-order valence-electron chi connectivity index (χ1n) is 5.94. The fourth-order valence-electron chi connectivity index (χ4n) is 2.81. The molecule has 1 aliphatic heterocycles. The third-order valence-corrected chi connectivity index (χ3v) is 3.69. The number of piperidine rings is 1. The number of aromatic nitrogens is 3. The topological polar surface area (TPSA) is 68.8 Å². The molecule has 1 fully saturated rings. The predicted octanol–water partition coefficient (Wildman–Crippen LogP) is 0.449. The maximum Gasteiger partial charge on any atom is 0.0756 e. The van der Waals surface area contributed by atoms with Crippen LogP contribution in [0, 0.1) is 11.8 Å². The molecule has 0 spiro atoms. The van der Waals surface area contributed by atoms with Gasteiger partial charge in [-0.25, -0.2) is 0 Å². The lowest BCUT2D eigenvalue weighted by Crippen LogP contribution is -2.47. The minimum Gasteiger partial charge on any atom is -0.330 e. The van der Waals surface area contributed by atoms with E-state index in [2.05, 4.69) is 29.5 Å². The van der Waals surface area contributed by atoms with Gasteiger partial charge in [0.2, 0.25) is 0 Å². The van der Waals surface area contributed by atoms with Crippen LogP contribution >= 0.6 is 0 Å². The monoisotopic (exact) mass is 223 g/mol. The van der Waals surface area contributed by atoms with E-state index in [1.54, 1.807) is 0 Å². The highest BCUT2D eigenvalue weighted by molar-refractivity contribution is 5.07. The zero-order chi connectivity index (χ0) is 11.7. The van der Waals surface area contributed by atoms with Crippen molar-refractivity contribution in [3.8, 4) is 0 Å². The molecule has 0 aliphatic carbocycles. The van der Waals surface area contributed by atoms with Crippen molar-refractivity contribution in [2.75, 3.05) is 6.54 Å². The summed E-state index contributed by atoms with van der Waals surface area (Å²) in [6.07, 6.45) is 3.02. The molecule has 0 radical (unpaired) electrons. The van der Waals surface area contributed by atoms with E-state index in [-0.39, 0.29) is 6.04 Å². The lowest BCUT2D eigenvalue weighted by molar-refractivity contribution is 0.168. The fourth-order valence-corrected chi connectivity index (χ4v) is 2.81. The van der Waals surface area contributed by atoms with Crippen LogP contribution in [-0.2, 0) is 7.05 Å². The van der Waals surface area contributed by atoms with Gasteiger partial charge in [-0.05, 0) is 31.7 Å². The molecule has 2 rings (SSSR count). The SMILES string of the molecule is CC1CC(C)C(CN)C(c2cnnn2C)N1. The standard InChI is InChI=1S/C11H21N5/c1-7-4-8(2)14-11(9(7)5-12)10-6-13-15-16(10)3/h6-9,11,14H,4-5,12H2,1-3H3. The molecule has 0 amide bonds. The summed E-state index contributed by atoms with van der Waals surface area (Å²) in [7, 11) is 1.93. The summed E-state index contributed by atoms with van der Waals surface area (Å²) >= 11 is 0. The summed E-state index contributed by atoms with van der Waals surface area (Å²) in [5.74, 6) is 1.11. The maximum atomic E-state index is 5.90. The van der Waals surface area contributed by atoms with Gasteiger partial charge in [0.1, 0.15) is 0 Å². The second-order valence-corrected chi connectivity index (χ2v) is 4.94. The lowest BCUT2D eigenvalue weighted by atomic mass is 9.78. The first kappa shape index (κ1) is 11.5. The lowest BCUT2D eigenvalue weighted by Gasteiger charge is -2.40. The second-order valence-electron chi connectivity index (χ2n) is 4.94. The van der Waals surface area contributed by atoms with Crippen LogP contribution in [-0.4, -0.2) is 27.6 Å². The summed E-state index contributed by atoms with van der Waals surface area (Å²) in [6, 6.07) is 0.807. The molecule has 90 valence electrons. The molecular formula is C11H21N5. The smallest absolute Gasteiger partial charge is 0.0756 e. The van der Waals surface area contributed by atoms with Gasteiger partial charge in [0.25, 0.3) is 0 Å². The number of nitrogens with one attached hydrogen (secondary N) is 1. The number of hydrogen-bond acceptors (Lipinski definition) is 4. The van der Waals surface area contributed by atoms with E-state index < -0.39 is 0 Å². The highest BCUT2D eigenvalue weighted by Crippen LogP contribution is 2.34. The van der Waals surface area contributed by atoms with Crippen molar-refractivity contribution in [2.24, 2.45) is 24.6 Å². The molecule has 3 N–H and O–H groups in total. The van der Waals surface area contributed by atoms with Gasteiger partial charge in [-0.1, -0.05) is 12.1 Å². The number of hydrogen-bond donors (Lipinski definition) is 2. The zero-order valence-electron chi connectivity index (χ0n) is 10.2. The molecule has 2 heterocycles. The Labute approximate surface area is 96.4 Å². The molecule has 1 aromatic rings. The second kappa shape index (κ2) is 4.51. The first-order valence-corrected chi connectivity index (χ1v) is 5.94. The number of aryl methyl sites for hydroxylation is 1. The van der Waals surface area contributed by atoms with E-state index in [1.807, 2.05) is 17.9 Å². The molecule has 5 nitrogen and oxygen atoms in total. The van der Waals surface area contributed by atoms with E-state index in [1.165, 1.54) is 6.42 Å².